The zero-order valence-corrected chi connectivity index (χ0v) is 14.9. The van der Waals surface area contributed by atoms with Crippen molar-refractivity contribution in [2.45, 2.75) is 23.4 Å². The average Bonchev–Trinajstić information content (AvgIpc) is 3.24. The van der Waals surface area contributed by atoms with Crippen LogP contribution >= 0.6 is 22.6 Å². The zero-order chi connectivity index (χ0) is 17.0. The predicted molar refractivity (Wildman–Crippen MR) is 87.1 cm³/mol. The molecule has 0 radical (unpaired) electrons. The summed E-state index contributed by atoms with van der Waals surface area (Å²) in [6.45, 7) is 1.28. The first-order chi connectivity index (χ1) is 11.5. The number of alkyl halides is 1. The Kier molecular flexibility index (Phi) is 3.77. The first kappa shape index (κ1) is 15.9. The van der Waals surface area contributed by atoms with Crippen molar-refractivity contribution < 1.29 is 28.4 Å². The van der Waals surface area contributed by atoms with Crippen molar-refractivity contribution in [3.05, 3.63) is 11.8 Å². The maximum Gasteiger partial charge on any atom is 0.310 e. The van der Waals surface area contributed by atoms with Crippen LogP contribution in [0.4, 0.5) is 5.82 Å². The van der Waals surface area contributed by atoms with Crippen LogP contribution < -0.4 is 5.32 Å². The molecule has 1 aromatic rings. The van der Waals surface area contributed by atoms with Crippen molar-refractivity contribution in [3.8, 4) is 0 Å². The molecule has 1 saturated heterocycles. The number of carbonyl (C=O) groups is 3. The van der Waals surface area contributed by atoms with Crippen molar-refractivity contribution in [3.63, 3.8) is 0 Å². The third-order valence-corrected chi connectivity index (χ3v) is 6.67. The van der Waals surface area contributed by atoms with Gasteiger partial charge in [0.1, 0.15) is 11.9 Å². The lowest BCUT2D eigenvalue weighted by atomic mass is 9.80. The van der Waals surface area contributed by atoms with E-state index < -0.39 is 30.3 Å². The Morgan fingerprint density at radius 3 is 2.96 bits per heavy atom. The second-order valence-corrected chi connectivity index (χ2v) is 7.88. The molecular weight excluding hydrogens is 431 g/mol. The second-order valence-electron chi connectivity index (χ2n) is 6.44. The number of nitrogens with zero attached hydrogens (tertiary/aromatic N) is 1. The number of anilines is 1. The highest BCUT2D eigenvalue weighted by Gasteiger charge is 2.68. The van der Waals surface area contributed by atoms with E-state index in [0.717, 1.165) is 6.42 Å². The van der Waals surface area contributed by atoms with E-state index in [2.05, 4.69) is 33.1 Å². The summed E-state index contributed by atoms with van der Waals surface area (Å²) in [5, 5.41) is 6.11. The summed E-state index contributed by atoms with van der Waals surface area (Å²) >= 11 is 2.25. The third kappa shape index (κ3) is 2.40. The molecule has 6 atom stereocenters. The molecule has 3 aliphatic rings. The van der Waals surface area contributed by atoms with Crippen molar-refractivity contribution in [2.75, 3.05) is 11.9 Å². The lowest BCUT2D eigenvalue weighted by molar-refractivity contribution is -0.157. The largest absolute Gasteiger partial charge is 0.461 e. The van der Waals surface area contributed by atoms with Gasteiger partial charge >= 0.3 is 11.9 Å². The van der Waals surface area contributed by atoms with Gasteiger partial charge in [-0.25, -0.2) is 0 Å². The van der Waals surface area contributed by atoms with Crippen molar-refractivity contribution >= 4 is 46.3 Å². The lowest BCUT2D eigenvalue weighted by Crippen LogP contribution is -2.39. The first-order valence-electron chi connectivity index (χ1n) is 7.70. The van der Waals surface area contributed by atoms with E-state index in [9.17, 15) is 14.4 Å². The summed E-state index contributed by atoms with van der Waals surface area (Å²) in [5.41, 5.74) is 0. The lowest BCUT2D eigenvalue weighted by Gasteiger charge is -2.26. The quantitative estimate of drug-likeness (QED) is 0.419. The molecule has 2 saturated carbocycles. The number of hydrogen-bond acceptors (Lipinski definition) is 7. The van der Waals surface area contributed by atoms with Crippen LogP contribution in [0.3, 0.4) is 0 Å². The summed E-state index contributed by atoms with van der Waals surface area (Å²) in [7, 11) is 0. The van der Waals surface area contributed by atoms with Crippen molar-refractivity contribution in [2.24, 2.45) is 23.7 Å². The van der Waals surface area contributed by atoms with Gasteiger partial charge in [-0.3, -0.25) is 14.4 Å². The minimum atomic E-state index is -0.509. The van der Waals surface area contributed by atoms with Crippen LogP contribution in [-0.4, -0.2) is 39.6 Å². The number of carbonyl (C=O) groups excluding carboxylic acids is 3. The highest BCUT2D eigenvalue weighted by Crippen LogP contribution is 2.60. The van der Waals surface area contributed by atoms with Crippen LogP contribution in [0.15, 0.2) is 10.6 Å². The molecule has 1 aromatic heterocycles. The van der Waals surface area contributed by atoms with Crippen LogP contribution in [0, 0.1) is 30.6 Å². The van der Waals surface area contributed by atoms with Gasteiger partial charge in [0.15, 0.2) is 12.4 Å². The number of aryl methyl sites for hydroxylation is 1. The Balaban J connectivity index is 1.37. The molecule has 4 rings (SSSR count). The third-order valence-electron chi connectivity index (χ3n) is 5.04. The number of nitrogens with one attached hydrogen (secondary N) is 1. The Morgan fingerprint density at radius 1 is 1.46 bits per heavy atom. The van der Waals surface area contributed by atoms with Gasteiger partial charge in [0.2, 0.25) is 0 Å². The number of esters is 2. The Morgan fingerprint density at radius 2 is 2.25 bits per heavy atom. The highest BCUT2D eigenvalue weighted by molar-refractivity contribution is 14.1. The summed E-state index contributed by atoms with van der Waals surface area (Å²) < 4.78 is 15.5. The van der Waals surface area contributed by atoms with Gasteiger partial charge in [-0.15, -0.1) is 0 Å². The van der Waals surface area contributed by atoms with Crippen LogP contribution in [0.2, 0.25) is 0 Å². The number of fused-ring (bicyclic) bond motifs is 1. The van der Waals surface area contributed by atoms with Gasteiger partial charge in [-0.1, -0.05) is 27.7 Å². The molecule has 24 heavy (non-hydrogen) atoms. The van der Waals surface area contributed by atoms with Gasteiger partial charge in [0.25, 0.3) is 5.91 Å². The SMILES string of the molecule is Cc1cc(NC(=O)COC(=O)[C@H]2[C@@H]3C[C@H]4[C@H](OC(=O)[C@@H]42)[C@@H]3I)no1. The van der Waals surface area contributed by atoms with Crippen LogP contribution in [0.25, 0.3) is 0 Å². The van der Waals surface area contributed by atoms with Gasteiger partial charge in [-0.05, 0) is 19.3 Å². The fourth-order valence-corrected chi connectivity index (χ4v) is 5.55. The van der Waals surface area contributed by atoms with Crippen LogP contribution in [0.1, 0.15) is 12.2 Å². The number of aromatic nitrogens is 1. The van der Waals surface area contributed by atoms with E-state index in [1.54, 1.807) is 13.0 Å². The molecule has 9 heteroatoms. The first-order valence-corrected chi connectivity index (χ1v) is 8.94. The number of halogens is 1. The summed E-state index contributed by atoms with van der Waals surface area (Å²) in [6.07, 6.45) is 0.731. The van der Waals surface area contributed by atoms with Crippen molar-refractivity contribution in [1.82, 2.24) is 5.16 Å². The maximum atomic E-state index is 12.4. The van der Waals surface area contributed by atoms with E-state index >= 15 is 0 Å². The highest BCUT2D eigenvalue weighted by atomic mass is 127. The monoisotopic (exact) mass is 446 g/mol. The maximum absolute atomic E-state index is 12.4. The van der Waals surface area contributed by atoms with Gasteiger partial charge < -0.3 is 19.3 Å². The fraction of sp³-hybridized carbons (Fsp3) is 0.600. The second kappa shape index (κ2) is 5.71. The molecule has 3 fully saturated rings. The van der Waals surface area contributed by atoms with Crippen LogP contribution in [-0.2, 0) is 23.9 Å². The molecule has 0 aromatic carbocycles. The molecule has 0 spiro atoms. The van der Waals surface area contributed by atoms with Crippen LogP contribution in [0.5, 0.6) is 0 Å². The standard InChI is InChI=1S/C15H15IN2O6/c1-5-2-8(18-24-5)17-9(19)4-22-14(20)10-6-3-7-11(10)15(21)23-13(7)12(6)16/h2,6-7,10-13H,3-4H2,1H3,(H,17,18,19)/t6-,7+,10-,11-,12+,13-/m0/s1. The molecule has 1 aliphatic heterocycles. The van der Waals surface area contributed by atoms with E-state index in [1.165, 1.54) is 0 Å². The normalized spacial score (nSPS) is 35.8. The van der Waals surface area contributed by atoms with E-state index in [4.69, 9.17) is 14.0 Å². The van der Waals surface area contributed by atoms with Gasteiger partial charge in [0.05, 0.1) is 15.8 Å². The molecule has 0 unspecified atom stereocenters. The number of ether oxygens (including phenoxy) is 2. The average molecular weight is 446 g/mol. The predicted octanol–water partition coefficient (Wildman–Crippen LogP) is 1.08. The molecule has 1 N–H and O–H groups in total. The fourth-order valence-electron chi connectivity index (χ4n) is 4.13. The van der Waals surface area contributed by atoms with E-state index in [-0.39, 0.29) is 33.7 Å². The molecule has 128 valence electrons. The minimum absolute atomic E-state index is 0.0733. The number of rotatable bonds is 4. The summed E-state index contributed by atoms with van der Waals surface area (Å²) in [5.74, 6) is -1.23. The number of amides is 1. The number of hydrogen-bond donors (Lipinski definition) is 1. The Bertz CT molecular complexity index is 719. The summed E-state index contributed by atoms with van der Waals surface area (Å²) in [6, 6.07) is 1.56. The Labute approximate surface area is 150 Å². The van der Waals surface area contributed by atoms with Gasteiger partial charge in [-0.2, -0.15) is 0 Å². The topological polar surface area (TPSA) is 108 Å². The minimum Gasteiger partial charge on any atom is -0.461 e. The Hall–Kier alpha value is -1.65. The smallest absolute Gasteiger partial charge is 0.310 e. The molecule has 2 bridgehead atoms. The molecule has 1 amide bonds. The molecular formula is C15H15IN2O6. The molecule has 2 heterocycles. The van der Waals surface area contributed by atoms with E-state index in [0.29, 0.717) is 5.76 Å². The summed E-state index contributed by atoms with van der Waals surface area (Å²) in [4.78, 5) is 36.3. The molecule has 8 nitrogen and oxygen atoms in total. The van der Waals surface area contributed by atoms with E-state index in [1.807, 2.05) is 0 Å². The van der Waals surface area contributed by atoms with Gasteiger partial charge in [0, 0.05) is 12.0 Å². The zero-order valence-electron chi connectivity index (χ0n) is 12.7. The van der Waals surface area contributed by atoms with Crippen molar-refractivity contribution in [1.29, 1.82) is 0 Å². The molecule has 2 aliphatic carbocycles.